The molecule has 4 rings (SSSR count). The van der Waals surface area contributed by atoms with Crippen molar-refractivity contribution in [2.45, 2.75) is 6.92 Å². The summed E-state index contributed by atoms with van der Waals surface area (Å²) in [5.41, 5.74) is 1.76. The lowest BCUT2D eigenvalue weighted by molar-refractivity contribution is 0.155. The maximum absolute atomic E-state index is 14.7. The Morgan fingerprint density at radius 3 is 1.64 bits per heavy atom. The molecule has 0 aromatic heterocycles. The van der Waals surface area contributed by atoms with Gasteiger partial charge in [0.1, 0.15) is 18.2 Å². The highest BCUT2D eigenvalue weighted by Crippen LogP contribution is 2.30. The zero-order valence-electron chi connectivity index (χ0n) is 20.6. The van der Waals surface area contributed by atoms with Gasteiger partial charge in [-0.2, -0.15) is 0 Å². The lowest BCUT2D eigenvalue weighted by Crippen LogP contribution is -1.95. The van der Waals surface area contributed by atoms with Crippen LogP contribution in [-0.2, 0) is 4.74 Å². The van der Waals surface area contributed by atoms with Crippen molar-refractivity contribution in [1.82, 2.24) is 0 Å². The van der Waals surface area contributed by atoms with Gasteiger partial charge in [0.05, 0.1) is 0 Å². The lowest BCUT2D eigenvalue weighted by atomic mass is 9.98. The molecular weight excluding hydrogens is 521 g/mol. The molecule has 0 bridgehead atoms. The average Bonchev–Trinajstić information content (AvgIpc) is 2.93. The van der Waals surface area contributed by atoms with Crippen LogP contribution >= 0.6 is 0 Å². The van der Waals surface area contributed by atoms with Crippen molar-refractivity contribution < 1.29 is 35.5 Å². The molecule has 0 saturated heterocycles. The fourth-order valence-corrected chi connectivity index (χ4v) is 3.84. The number of rotatable bonds is 8. The Morgan fingerprint density at radius 2 is 1.13 bits per heavy atom. The van der Waals surface area contributed by atoms with E-state index in [4.69, 9.17) is 4.74 Å². The van der Waals surface area contributed by atoms with Crippen LogP contribution in [0.5, 0.6) is 0 Å². The molecular formula is C31H21F7O. The van der Waals surface area contributed by atoms with E-state index in [9.17, 15) is 30.7 Å². The third-order valence-electron chi connectivity index (χ3n) is 5.89. The van der Waals surface area contributed by atoms with E-state index in [0.717, 1.165) is 35.4 Å². The second-order valence-electron chi connectivity index (χ2n) is 8.50. The summed E-state index contributed by atoms with van der Waals surface area (Å²) in [5.74, 6) is -8.27. The molecule has 0 atom stereocenters. The quantitative estimate of drug-likeness (QED) is 0.122. The van der Waals surface area contributed by atoms with Crippen LogP contribution in [0.15, 0.2) is 78.6 Å². The minimum Gasteiger partial charge on any atom is -0.375 e. The minimum atomic E-state index is -1.63. The van der Waals surface area contributed by atoms with Gasteiger partial charge in [-0.1, -0.05) is 54.6 Å². The van der Waals surface area contributed by atoms with Crippen molar-refractivity contribution in [2.24, 2.45) is 0 Å². The molecule has 4 aromatic rings. The molecule has 4 aromatic carbocycles. The van der Waals surface area contributed by atoms with Gasteiger partial charge in [0.25, 0.3) is 0 Å². The van der Waals surface area contributed by atoms with Gasteiger partial charge in [0.2, 0.25) is 0 Å². The van der Waals surface area contributed by atoms with Crippen molar-refractivity contribution >= 4 is 18.0 Å². The summed E-state index contributed by atoms with van der Waals surface area (Å²) in [5, 5.41) is 0. The standard InChI is InChI=1S/C31H21F7O/c1-2-39-17-29(36)30(37)22-10-8-20(9-11-22)19-4-6-21(7-5-19)23-15-25(32)24(26(33)16-23)12-3-18-13-27(34)31(38)28(35)14-18/h3-16H,2,17H2,1H3. The molecule has 0 aliphatic carbocycles. The molecule has 0 heterocycles. The predicted molar refractivity (Wildman–Crippen MR) is 138 cm³/mol. The summed E-state index contributed by atoms with van der Waals surface area (Å²) >= 11 is 0. The third-order valence-corrected chi connectivity index (χ3v) is 5.89. The van der Waals surface area contributed by atoms with E-state index >= 15 is 0 Å². The first-order valence-corrected chi connectivity index (χ1v) is 11.8. The largest absolute Gasteiger partial charge is 0.375 e. The number of ether oxygens (including phenoxy) is 1. The maximum Gasteiger partial charge on any atom is 0.194 e. The molecule has 8 heteroatoms. The van der Waals surface area contributed by atoms with Gasteiger partial charge in [-0.05, 0) is 65.1 Å². The van der Waals surface area contributed by atoms with Crippen LogP contribution in [0, 0.1) is 29.1 Å². The smallest absolute Gasteiger partial charge is 0.194 e. The van der Waals surface area contributed by atoms with Gasteiger partial charge in [-0.15, -0.1) is 0 Å². The van der Waals surface area contributed by atoms with Crippen LogP contribution < -0.4 is 0 Å². The van der Waals surface area contributed by atoms with E-state index in [-0.39, 0.29) is 23.3 Å². The third kappa shape index (κ3) is 6.46. The zero-order valence-corrected chi connectivity index (χ0v) is 20.6. The Labute approximate surface area is 220 Å². The molecule has 0 unspecified atom stereocenters. The molecule has 0 aliphatic rings. The highest BCUT2D eigenvalue weighted by molar-refractivity contribution is 5.75. The fraction of sp³-hybridized carbons (Fsp3) is 0.0968. The first-order chi connectivity index (χ1) is 18.7. The second kappa shape index (κ2) is 12.1. The molecule has 0 amide bonds. The van der Waals surface area contributed by atoms with Gasteiger partial charge in [0, 0.05) is 17.7 Å². The number of hydrogen-bond acceptors (Lipinski definition) is 1. The first-order valence-electron chi connectivity index (χ1n) is 11.8. The van der Waals surface area contributed by atoms with E-state index in [0.29, 0.717) is 17.7 Å². The fourth-order valence-electron chi connectivity index (χ4n) is 3.84. The highest BCUT2D eigenvalue weighted by atomic mass is 19.2. The Bertz CT molecular complexity index is 1490. The number of hydrogen-bond donors (Lipinski definition) is 0. The summed E-state index contributed by atoms with van der Waals surface area (Å²) in [6.07, 6.45) is 2.08. The van der Waals surface area contributed by atoms with Gasteiger partial charge in [-0.3, -0.25) is 0 Å². The van der Waals surface area contributed by atoms with Gasteiger partial charge in [-0.25, -0.2) is 30.7 Å². The number of halogens is 7. The molecule has 39 heavy (non-hydrogen) atoms. The van der Waals surface area contributed by atoms with Gasteiger partial charge >= 0.3 is 0 Å². The maximum atomic E-state index is 14.7. The second-order valence-corrected chi connectivity index (χ2v) is 8.50. The van der Waals surface area contributed by atoms with Crippen LogP contribution in [0.2, 0.25) is 0 Å². The first kappa shape index (κ1) is 27.9. The SMILES string of the molecule is CCOCC(F)=C(F)c1ccc(-c2ccc(-c3cc(F)c(C=Cc4cc(F)c(F)c(F)c4)c(F)c3)cc2)cc1. The van der Waals surface area contributed by atoms with Crippen LogP contribution in [0.25, 0.3) is 40.2 Å². The van der Waals surface area contributed by atoms with Gasteiger partial charge in [0.15, 0.2) is 29.1 Å². The average molecular weight is 542 g/mol. The summed E-state index contributed by atoms with van der Waals surface area (Å²) < 4.78 is 102. The van der Waals surface area contributed by atoms with Gasteiger partial charge < -0.3 is 4.74 Å². The van der Waals surface area contributed by atoms with Crippen LogP contribution in [0.4, 0.5) is 30.7 Å². The molecule has 0 aliphatic heterocycles. The van der Waals surface area contributed by atoms with Crippen molar-refractivity contribution in [1.29, 1.82) is 0 Å². The molecule has 200 valence electrons. The van der Waals surface area contributed by atoms with Crippen molar-refractivity contribution in [3.63, 3.8) is 0 Å². The van der Waals surface area contributed by atoms with E-state index < -0.39 is 52.9 Å². The van der Waals surface area contributed by atoms with Crippen molar-refractivity contribution in [3.05, 3.63) is 124 Å². The van der Waals surface area contributed by atoms with Crippen LogP contribution in [0.1, 0.15) is 23.6 Å². The summed E-state index contributed by atoms with van der Waals surface area (Å²) in [6.45, 7) is 1.49. The molecule has 0 spiro atoms. The van der Waals surface area contributed by atoms with Crippen molar-refractivity contribution in [3.8, 4) is 22.3 Å². The summed E-state index contributed by atoms with van der Waals surface area (Å²) in [6, 6.07) is 16.5. The summed E-state index contributed by atoms with van der Waals surface area (Å²) in [4.78, 5) is 0. The monoisotopic (exact) mass is 542 g/mol. The Balaban J connectivity index is 1.53. The summed E-state index contributed by atoms with van der Waals surface area (Å²) in [7, 11) is 0. The van der Waals surface area contributed by atoms with Crippen LogP contribution in [0.3, 0.4) is 0 Å². The molecule has 0 fully saturated rings. The van der Waals surface area contributed by atoms with E-state index in [1.54, 1.807) is 43.3 Å². The Kier molecular flexibility index (Phi) is 8.66. The molecule has 1 nitrogen and oxygen atoms in total. The molecule has 0 saturated carbocycles. The zero-order chi connectivity index (χ0) is 28.1. The van der Waals surface area contributed by atoms with E-state index in [1.807, 2.05) is 0 Å². The van der Waals surface area contributed by atoms with E-state index in [1.165, 1.54) is 12.1 Å². The topological polar surface area (TPSA) is 9.23 Å². The normalized spacial score (nSPS) is 12.2. The lowest BCUT2D eigenvalue weighted by Gasteiger charge is -2.08. The number of benzene rings is 4. The Morgan fingerprint density at radius 1 is 0.641 bits per heavy atom. The Hall–Kier alpha value is -4.17. The molecule has 0 radical (unpaired) electrons. The van der Waals surface area contributed by atoms with Crippen molar-refractivity contribution in [2.75, 3.05) is 13.2 Å². The van der Waals surface area contributed by atoms with E-state index in [2.05, 4.69) is 0 Å². The molecule has 0 N–H and O–H groups in total. The van der Waals surface area contributed by atoms with Crippen LogP contribution in [-0.4, -0.2) is 13.2 Å². The highest BCUT2D eigenvalue weighted by Gasteiger charge is 2.13. The minimum absolute atomic E-state index is 0.0716. The predicted octanol–water partition coefficient (Wildman–Crippen LogP) is 9.53.